The van der Waals surface area contributed by atoms with Crippen LogP contribution in [-0.2, 0) is 0 Å². The van der Waals surface area contributed by atoms with Gasteiger partial charge < -0.3 is 10.6 Å². The maximum absolute atomic E-state index is 12.8. The van der Waals surface area contributed by atoms with Gasteiger partial charge in [0.2, 0.25) is 5.82 Å². The van der Waals surface area contributed by atoms with Crippen LogP contribution >= 0.6 is 0 Å². The predicted octanol–water partition coefficient (Wildman–Crippen LogP) is 3.12. The summed E-state index contributed by atoms with van der Waals surface area (Å²) in [7, 11) is 0. The number of fused-ring (bicyclic) bond motifs is 1. The molecule has 0 unspecified atom stereocenters. The van der Waals surface area contributed by atoms with Gasteiger partial charge in [0.1, 0.15) is 0 Å². The highest BCUT2D eigenvalue weighted by molar-refractivity contribution is 6.09. The number of rotatable bonds is 5. The molecule has 0 aliphatic rings. The molecule has 26 heavy (non-hydrogen) atoms. The Balaban J connectivity index is 1.99. The van der Waals surface area contributed by atoms with Gasteiger partial charge in [-0.15, -0.1) is 6.58 Å². The van der Waals surface area contributed by atoms with Gasteiger partial charge in [-0.25, -0.2) is 4.98 Å². The zero-order chi connectivity index (χ0) is 18.7. The van der Waals surface area contributed by atoms with E-state index in [0.717, 1.165) is 16.8 Å². The molecule has 0 saturated carbocycles. The molecular formula is C20H20N4O2. The second-order valence-corrected chi connectivity index (χ2v) is 5.94. The first-order chi connectivity index (χ1) is 12.5. The van der Waals surface area contributed by atoms with E-state index >= 15 is 0 Å². The molecule has 2 N–H and O–H groups in total. The molecule has 0 atom stereocenters. The number of carbonyl (C=O) groups excluding carboxylic acids is 2. The van der Waals surface area contributed by atoms with Crippen molar-refractivity contribution < 1.29 is 9.59 Å². The van der Waals surface area contributed by atoms with Crippen LogP contribution in [0, 0.1) is 13.8 Å². The van der Waals surface area contributed by atoms with Crippen LogP contribution in [0.5, 0.6) is 0 Å². The van der Waals surface area contributed by atoms with Crippen molar-refractivity contribution in [2.24, 2.45) is 0 Å². The molecule has 6 nitrogen and oxygen atoms in total. The quantitative estimate of drug-likeness (QED) is 0.696. The predicted molar refractivity (Wildman–Crippen MR) is 102 cm³/mol. The minimum atomic E-state index is -0.364. The van der Waals surface area contributed by atoms with Gasteiger partial charge in [0.05, 0.1) is 5.52 Å². The summed E-state index contributed by atoms with van der Waals surface area (Å²) in [4.78, 5) is 29.4. The molecule has 3 aromatic rings. The zero-order valence-electron chi connectivity index (χ0n) is 14.7. The van der Waals surface area contributed by atoms with E-state index in [9.17, 15) is 9.59 Å². The summed E-state index contributed by atoms with van der Waals surface area (Å²) in [5.74, 6) is -0.560. The van der Waals surface area contributed by atoms with Gasteiger partial charge in [-0.1, -0.05) is 24.3 Å². The first-order valence-corrected chi connectivity index (χ1v) is 8.26. The fourth-order valence-corrected chi connectivity index (χ4v) is 2.68. The monoisotopic (exact) mass is 348 g/mol. The zero-order valence-corrected chi connectivity index (χ0v) is 14.7. The number of nitrogens with zero attached hydrogens (tertiary/aromatic N) is 2. The van der Waals surface area contributed by atoms with Gasteiger partial charge in [0.25, 0.3) is 11.8 Å². The van der Waals surface area contributed by atoms with Crippen LogP contribution in [0.3, 0.4) is 0 Å². The molecule has 2 amide bonds. The summed E-state index contributed by atoms with van der Waals surface area (Å²) >= 11 is 0. The molecule has 2 heterocycles. The summed E-state index contributed by atoms with van der Waals surface area (Å²) in [6.07, 6.45) is 3.29. The number of hydrogen-bond donors (Lipinski definition) is 2. The number of aromatic nitrogens is 2. The Labute approximate surface area is 151 Å². The molecule has 0 bridgehead atoms. The lowest BCUT2D eigenvalue weighted by Crippen LogP contribution is -2.25. The fraction of sp³-hybridized carbons (Fsp3) is 0.150. The van der Waals surface area contributed by atoms with Crippen LogP contribution in [0.1, 0.15) is 32.2 Å². The van der Waals surface area contributed by atoms with Gasteiger partial charge in [0, 0.05) is 18.4 Å². The minimum Gasteiger partial charge on any atom is -0.346 e. The number of imidazole rings is 1. The topological polar surface area (TPSA) is 75.5 Å². The van der Waals surface area contributed by atoms with Crippen molar-refractivity contribution >= 4 is 23.0 Å². The number of nitrogens with one attached hydrogen (secondary N) is 2. The van der Waals surface area contributed by atoms with Crippen LogP contribution in [0.15, 0.2) is 55.3 Å². The summed E-state index contributed by atoms with van der Waals surface area (Å²) < 4.78 is 1.61. The molecule has 2 aromatic heterocycles. The van der Waals surface area contributed by atoms with E-state index < -0.39 is 0 Å². The standard InChI is InChI=1S/C20H20N4O2/c1-4-11-21-20(26)18-23-17(16-10-5-6-12-24(16)18)19(25)22-15-9-7-8-13(2)14(15)3/h4-10,12H,1,11H2,2-3H3,(H,21,26)(H,22,25). The lowest BCUT2D eigenvalue weighted by atomic mass is 10.1. The first kappa shape index (κ1) is 17.4. The number of aryl methyl sites for hydroxylation is 1. The van der Waals surface area contributed by atoms with Crippen molar-refractivity contribution in [2.75, 3.05) is 11.9 Å². The average Bonchev–Trinajstić information content (AvgIpc) is 3.03. The third-order valence-electron chi connectivity index (χ3n) is 4.23. The van der Waals surface area contributed by atoms with E-state index in [1.165, 1.54) is 0 Å². The third-order valence-corrected chi connectivity index (χ3v) is 4.23. The molecule has 0 radical (unpaired) electrons. The molecule has 0 aliphatic heterocycles. The van der Waals surface area contributed by atoms with Gasteiger partial charge in [-0.05, 0) is 43.2 Å². The van der Waals surface area contributed by atoms with E-state index in [-0.39, 0.29) is 23.3 Å². The fourth-order valence-electron chi connectivity index (χ4n) is 2.68. The number of amides is 2. The van der Waals surface area contributed by atoms with Crippen molar-refractivity contribution in [3.63, 3.8) is 0 Å². The van der Waals surface area contributed by atoms with E-state index in [1.54, 1.807) is 34.9 Å². The maximum Gasteiger partial charge on any atom is 0.287 e. The lowest BCUT2D eigenvalue weighted by Gasteiger charge is -2.09. The highest BCUT2D eigenvalue weighted by Gasteiger charge is 2.21. The van der Waals surface area contributed by atoms with Crippen molar-refractivity contribution in [1.29, 1.82) is 0 Å². The summed E-state index contributed by atoms with van der Waals surface area (Å²) in [6.45, 7) is 7.84. The third kappa shape index (κ3) is 3.21. The van der Waals surface area contributed by atoms with Crippen molar-refractivity contribution in [3.8, 4) is 0 Å². The molecular weight excluding hydrogens is 328 g/mol. The normalized spacial score (nSPS) is 10.5. The molecule has 1 aromatic carbocycles. The Bertz CT molecular complexity index is 1000. The summed E-state index contributed by atoms with van der Waals surface area (Å²) in [5, 5.41) is 5.58. The van der Waals surface area contributed by atoms with Gasteiger partial charge >= 0.3 is 0 Å². The molecule has 0 fully saturated rings. The van der Waals surface area contributed by atoms with E-state index in [2.05, 4.69) is 22.2 Å². The second kappa shape index (κ2) is 7.23. The molecule has 0 aliphatic carbocycles. The van der Waals surface area contributed by atoms with E-state index in [4.69, 9.17) is 0 Å². The van der Waals surface area contributed by atoms with Crippen LogP contribution in [0.2, 0.25) is 0 Å². The smallest absolute Gasteiger partial charge is 0.287 e. The molecule has 132 valence electrons. The summed E-state index contributed by atoms with van der Waals surface area (Å²) in [5.41, 5.74) is 3.58. The Kier molecular flexibility index (Phi) is 4.84. The van der Waals surface area contributed by atoms with Crippen LogP contribution in [0.25, 0.3) is 5.52 Å². The van der Waals surface area contributed by atoms with Crippen molar-refractivity contribution in [2.45, 2.75) is 13.8 Å². The SMILES string of the molecule is C=CCNC(=O)c1nc(C(=O)Nc2cccc(C)c2C)c2ccccn12. The average molecular weight is 348 g/mol. The first-order valence-electron chi connectivity index (χ1n) is 8.26. The lowest BCUT2D eigenvalue weighted by molar-refractivity contribution is 0.0947. The molecule has 6 heteroatoms. The molecule has 0 spiro atoms. The van der Waals surface area contributed by atoms with Gasteiger partial charge in [-0.3, -0.25) is 14.0 Å². The van der Waals surface area contributed by atoms with Crippen LogP contribution < -0.4 is 10.6 Å². The van der Waals surface area contributed by atoms with Gasteiger partial charge in [-0.2, -0.15) is 0 Å². The highest BCUT2D eigenvalue weighted by Crippen LogP contribution is 2.20. The van der Waals surface area contributed by atoms with Gasteiger partial charge in [0.15, 0.2) is 5.69 Å². The Morgan fingerprint density at radius 3 is 2.73 bits per heavy atom. The molecule has 0 saturated heterocycles. The number of hydrogen-bond acceptors (Lipinski definition) is 3. The highest BCUT2D eigenvalue weighted by atomic mass is 16.2. The van der Waals surface area contributed by atoms with Crippen molar-refractivity contribution in [3.05, 3.63) is 77.9 Å². The minimum absolute atomic E-state index is 0.161. The van der Waals surface area contributed by atoms with Crippen LogP contribution in [0.4, 0.5) is 5.69 Å². The van der Waals surface area contributed by atoms with E-state index in [1.807, 2.05) is 32.0 Å². The largest absolute Gasteiger partial charge is 0.346 e. The number of anilines is 1. The molecule has 3 rings (SSSR count). The Morgan fingerprint density at radius 1 is 1.15 bits per heavy atom. The van der Waals surface area contributed by atoms with Crippen molar-refractivity contribution in [1.82, 2.24) is 14.7 Å². The number of pyridine rings is 1. The number of carbonyl (C=O) groups is 2. The number of benzene rings is 1. The Hall–Kier alpha value is -3.41. The summed E-state index contributed by atoms with van der Waals surface area (Å²) in [6, 6.07) is 11.1. The maximum atomic E-state index is 12.8. The Morgan fingerprint density at radius 2 is 1.96 bits per heavy atom. The van der Waals surface area contributed by atoms with Crippen LogP contribution in [-0.4, -0.2) is 27.7 Å². The van der Waals surface area contributed by atoms with E-state index in [0.29, 0.717) is 12.1 Å². The second-order valence-electron chi connectivity index (χ2n) is 5.94.